The van der Waals surface area contributed by atoms with Gasteiger partial charge >= 0.3 is 0 Å². The van der Waals surface area contributed by atoms with Crippen molar-refractivity contribution in [3.63, 3.8) is 0 Å². The van der Waals surface area contributed by atoms with Crippen LogP contribution in [0.5, 0.6) is 0 Å². The minimum Gasteiger partial charge on any atom is -0.310 e. The summed E-state index contributed by atoms with van der Waals surface area (Å²) in [5, 5.41) is 2.16. The molecule has 0 fully saturated rings. The van der Waals surface area contributed by atoms with Crippen molar-refractivity contribution in [1.82, 2.24) is 10.4 Å². The second-order valence-corrected chi connectivity index (χ2v) is 4.59. The highest BCUT2D eigenvalue weighted by Crippen LogP contribution is 2.22. The maximum Gasteiger partial charge on any atom is 0.0713 e. The Labute approximate surface area is 102 Å². The zero-order chi connectivity index (χ0) is 11.7. The average Bonchev–Trinajstić information content (AvgIpc) is 2.71. The van der Waals surface area contributed by atoms with Gasteiger partial charge in [0.05, 0.1) is 12.6 Å². The summed E-state index contributed by atoms with van der Waals surface area (Å²) in [5.41, 5.74) is 7.46. The molecule has 0 radical (unpaired) electrons. The number of allylic oxidation sites excluding steroid dienone is 2. The minimum absolute atomic E-state index is 0.351. The molecular formula is C15H16N2. The molecule has 2 nitrogen and oxygen atoms in total. The van der Waals surface area contributed by atoms with Gasteiger partial charge in [0.15, 0.2) is 0 Å². The topological polar surface area (TPSA) is 15.3 Å². The average molecular weight is 224 g/mol. The van der Waals surface area contributed by atoms with Gasteiger partial charge in [-0.1, -0.05) is 54.1 Å². The van der Waals surface area contributed by atoms with Crippen molar-refractivity contribution in [3.8, 4) is 0 Å². The molecule has 0 aromatic heterocycles. The molecule has 0 bridgehead atoms. The summed E-state index contributed by atoms with van der Waals surface area (Å²) in [6.45, 7) is 3.04. The second kappa shape index (κ2) is 4.22. The van der Waals surface area contributed by atoms with E-state index in [1.54, 1.807) is 0 Å². The normalized spacial score (nSPS) is 22.2. The van der Waals surface area contributed by atoms with E-state index in [0.717, 1.165) is 6.54 Å². The zero-order valence-corrected chi connectivity index (χ0v) is 9.93. The summed E-state index contributed by atoms with van der Waals surface area (Å²) < 4.78 is 0. The van der Waals surface area contributed by atoms with E-state index in [2.05, 4.69) is 66.1 Å². The van der Waals surface area contributed by atoms with E-state index in [4.69, 9.17) is 0 Å². The first-order chi connectivity index (χ1) is 8.31. The number of hydrogen-bond donors (Lipinski definition) is 1. The molecule has 1 aromatic carbocycles. The van der Waals surface area contributed by atoms with Crippen LogP contribution in [0.3, 0.4) is 0 Å². The van der Waals surface area contributed by atoms with Crippen molar-refractivity contribution in [1.29, 1.82) is 0 Å². The molecule has 1 atom stereocenters. The smallest absolute Gasteiger partial charge is 0.0713 e. The van der Waals surface area contributed by atoms with E-state index < -0.39 is 0 Å². The molecule has 0 amide bonds. The highest BCUT2D eigenvalue weighted by molar-refractivity contribution is 5.41. The molecule has 3 rings (SSSR count). The van der Waals surface area contributed by atoms with E-state index in [0.29, 0.717) is 6.04 Å². The third kappa shape index (κ3) is 2.17. The first-order valence-electron chi connectivity index (χ1n) is 5.96. The molecule has 17 heavy (non-hydrogen) atoms. The van der Waals surface area contributed by atoms with Gasteiger partial charge in [-0.05, 0) is 18.1 Å². The van der Waals surface area contributed by atoms with Crippen molar-refractivity contribution in [2.45, 2.75) is 19.5 Å². The number of nitrogens with zero attached hydrogens (tertiary/aromatic N) is 1. The highest BCUT2D eigenvalue weighted by atomic mass is 15.5. The first-order valence-corrected chi connectivity index (χ1v) is 5.96. The van der Waals surface area contributed by atoms with E-state index in [1.165, 1.54) is 16.7 Å². The molecule has 0 spiro atoms. The summed E-state index contributed by atoms with van der Waals surface area (Å²) in [4.78, 5) is 0. The van der Waals surface area contributed by atoms with Gasteiger partial charge in [0.1, 0.15) is 0 Å². The lowest BCUT2D eigenvalue weighted by Crippen LogP contribution is -2.35. The standard InChI is InChI=1S/C15H16N2/c1-12-7-8-14-11-17(16-15(14)9-12)10-13-5-3-2-4-6-13/h2-9,11,15-16H,10H2,1H3. The molecule has 1 aliphatic heterocycles. The van der Waals surface area contributed by atoms with Crippen LogP contribution < -0.4 is 5.43 Å². The summed E-state index contributed by atoms with van der Waals surface area (Å²) >= 11 is 0. The van der Waals surface area contributed by atoms with Crippen LogP contribution in [0.4, 0.5) is 0 Å². The Kier molecular flexibility index (Phi) is 2.57. The predicted molar refractivity (Wildman–Crippen MR) is 69.9 cm³/mol. The fourth-order valence-corrected chi connectivity index (χ4v) is 2.25. The van der Waals surface area contributed by atoms with E-state index in [9.17, 15) is 0 Å². The van der Waals surface area contributed by atoms with Gasteiger partial charge in [-0.2, -0.15) is 0 Å². The fourth-order valence-electron chi connectivity index (χ4n) is 2.25. The van der Waals surface area contributed by atoms with Gasteiger partial charge in [-0.25, -0.2) is 5.43 Å². The lowest BCUT2D eigenvalue weighted by atomic mass is 10.0. The largest absolute Gasteiger partial charge is 0.310 e. The van der Waals surface area contributed by atoms with Crippen LogP contribution in [-0.4, -0.2) is 11.1 Å². The van der Waals surface area contributed by atoms with E-state index >= 15 is 0 Å². The van der Waals surface area contributed by atoms with Crippen LogP contribution >= 0.6 is 0 Å². The van der Waals surface area contributed by atoms with Crippen LogP contribution in [0.1, 0.15) is 12.5 Å². The molecule has 0 saturated carbocycles. The molecular weight excluding hydrogens is 208 g/mol. The van der Waals surface area contributed by atoms with Gasteiger partial charge < -0.3 is 5.01 Å². The van der Waals surface area contributed by atoms with Crippen molar-refractivity contribution < 1.29 is 0 Å². The maximum absolute atomic E-state index is 3.48. The number of fused-ring (bicyclic) bond motifs is 1. The Morgan fingerprint density at radius 3 is 2.82 bits per heavy atom. The molecule has 2 aliphatic rings. The number of nitrogens with one attached hydrogen (secondary N) is 1. The summed E-state index contributed by atoms with van der Waals surface area (Å²) in [5.74, 6) is 0. The Bertz CT molecular complexity index is 497. The molecule has 1 aromatic rings. The number of hydrogen-bond acceptors (Lipinski definition) is 2. The van der Waals surface area contributed by atoms with Crippen molar-refractivity contribution in [2.24, 2.45) is 0 Å². The van der Waals surface area contributed by atoms with Crippen LogP contribution in [-0.2, 0) is 6.54 Å². The second-order valence-electron chi connectivity index (χ2n) is 4.59. The lowest BCUT2D eigenvalue weighted by Gasteiger charge is -2.19. The number of benzene rings is 1. The maximum atomic E-state index is 3.48. The van der Waals surface area contributed by atoms with Crippen LogP contribution in [0, 0.1) is 0 Å². The molecule has 1 N–H and O–H groups in total. The highest BCUT2D eigenvalue weighted by Gasteiger charge is 2.21. The predicted octanol–water partition coefficient (Wildman–Crippen LogP) is 2.78. The van der Waals surface area contributed by atoms with Crippen LogP contribution in [0.25, 0.3) is 0 Å². The molecule has 2 heteroatoms. The molecule has 86 valence electrons. The summed E-state index contributed by atoms with van der Waals surface area (Å²) in [6, 6.07) is 10.9. The summed E-state index contributed by atoms with van der Waals surface area (Å²) in [7, 11) is 0. The van der Waals surface area contributed by atoms with Gasteiger partial charge in [0.2, 0.25) is 0 Å². The van der Waals surface area contributed by atoms with Crippen LogP contribution in [0.2, 0.25) is 0 Å². The van der Waals surface area contributed by atoms with Crippen molar-refractivity contribution >= 4 is 0 Å². The Hall–Kier alpha value is -1.80. The number of hydrazine groups is 1. The molecule has 1 heterocycles. The van der Waals surface area contributed by atoms with Crippen molar-refractivity contribution in [2.75, 3.05) is 0 Å². The minimum atomic E-state index is 0.351. The third-order valence-electron chi connectivity index (χ3n) is 3.13. The fraction of sp³-hybridized carbons (Fsp3) is 0.200. The molecule has 0 saturated heterocycles. The van der Waals surface area contributed by atoms with Gasteiger partial charge in [-0.15, -0.1) is 0 Å². The third-order valence-corrected chi connectivity index (χ3v) is 3.13. The quantitative estimate of drug-likeness (QED) is 0.831. The first kappa shape index (κ1) is 10.4. The Morgan fingerprint density at radius 1 is 1.18 bits per heavy atom. The van der Waals surface area contributed by atoms with E-state index in [-0.39, 0.29) is 0 Å². The zero-order valence-electron chi connectivity index (χ0n) is 9.93. The SMILES string of the molecule is CC1=CC2NN(Cc3ccccc3)C=C2C=C1. The van der Waals surface area contributed by atoms with Gasteiger partial charge in [0.25, 0.3) is 0 Å². The monoisotopic (exact) mass is 224 g/mol. The van der Waals surface area contributed by atoms with E-state index in [1.807, 2.05) is 6.07 Å². The van der Waals surface area contributed by atoms with Gasteiger partial charge in [-0.3, -0.25) is 0 Å². The lowest BCUT2D eigenvalue weighted by molar-refractivity contribution is 0.280. The summed E-state index contributed by atoms with van der Waals surface area (Å²) in [6.07, 6.45) is 8.81. The van der Waals surface area contributed by atoms with Crippen LogP contribution in [0.15, 0.2) is 65.9 Å². The molecule has 1 aliphatic carbocycles. The Balaban J connectivity index is 1.73. The number of rotatable bonds is 2. The van der Waals surface area contributed by atoms with Gasteiger partial charge in [0, 0.05) is 6.20 Å². The van der Waals surface area contributed by atoms with Crippen molar-refractivity contribution in [3.05, 3.63) is 71.5 Å². The molecule has 1 unspecified atom stereocenters. The Morgan fingerprint density at radius 2 is 2.00 bits per heavy atom.